The molecule has 0 aliphatic heterocycles. The molecule has 0 saturated heterocycles. The zero-order chi connectivity index (χ0) is 12.5. The number of aromatic hydroxyl groups is 1. The van der Waals surface area contributed by atoms with Crippen molar-refractivity contribution in [3.8, 4) is 5.75 Å². The number of carbonyl (C=O) groups excluding carboxylic acids is 1. The highest BCUT2D eigenvalue weighted by Crippen LogP contribution is 2.42. The summed E-state index contributed by atoms with van der Waals surface area (Å²) in [5, 5.41) is 13.4. The summed E-state index contributed by atoms with van der Waals surface area (Å²) >= 11 is 0. The number of hydrogen-bond acceptors (Lipinski definition) is 3. The van der Waals surface area contributed by atoms with Gasteiger partial charge >= 0.3 is 0 Å². The Labute approximate surface area is 106 Å². The minimum atomic E-state index is -0.217. The lowest BCUT2D eigenvalue weighted by Gasteiger charge is -2.11. The monoisotopic (exact) mass is 244 g/mol. The Balaban J connectivity index is 1.65. The lowest BCUT2D eigenvalue weighted by molar-refractivity contribution is 0.0954. The molecule has 0 heterocycles. The van der Waals surface area contributed by atoms with Crippen LogP contribution >= 0.6 is 0 Å². The summed E-state index contributed by atoms with van der Waals surface area (Å²) in [6.45, 7) is 0. The van der Waals surface area contributed by atoms with E-state index in [1.54, 1.807) is 12.1 Å². The number of fused-ring (bicyclic) bond motifs is 2. The number of benzene rings is 1. The molecule has 2 bridgehead atoms. The first-order valence-electron chi connectivity index (χ1n) is 6.38. The molecule has 4 nitrogen and oxygen atoms in total. The molecule has 2 aliphatic rings. The second-order valence-electron chi connectivity index (χ2n) is 5.17. The Morgan fingerprint density at radius 3 is 2.67 bits per heavy atom. The number of phenolic OH excluding ortho intramolecular Hbond substituents is 1. The van der Waals surface area contributed by atoms with Crippen LogP contribution in [0.25, 0.3) is 0 Å². The van der Waals surface area contributed by atoms with Crippen LogP contribution in [0.2, 0.25) is 0 Å². The SMILES string of the molecule is O=C(NN=C1C[C@H]2CC[C@H]1C2)c1ccc(O)cc1. The third-order valence-electron chi connectivity index (χ3n) is 3.94. The van der Waals surface area contributed by atoms with E-state index in [-0.39, 0.29) is 11.7 Å². The molecule has 2 aliphatic carbocycles. The van der Waals surface area contributed by atoms with E-state index in [9.17, 15) is 4.79 Å². The van der Waals surface area contributed by atoms with Crippen molar-refractivity contribution in [1.29, 1.82) is 0 Å². The highest BCUT2D eigenvalue weighted by molar-refractivity contribution is 5.96. The van der Waals surface area contributed by atoms with E-state index in [0.717, 1.165) is 18.1 Å². The maximum absolute atomic E-state index is 11.8. The van der Waals surface area contributed by atoms with Gasteiger partial charge < -0.3 is 5.11 Å². The van der Waals surface area contributed by atoms with Crippen LogP contribution < -0.4 is 5.43 Å². The summed E-state index contributed by atoms with van der Waals surface area (Å²) in [5.41, 5.74) is 4.28. The van der Waals surface area contributed by atoms with Crippen molar-refractivity contribution in [1.82, 2.24) is 5.43 Å². The number of hydrogen-bond donors (Lipinski definition) is 2. The van der Waals surface area contributed by atoms with Crippen molar-refractivity contribution in [2.24, 2.45) is 16.9 Å². The molecule has 18 heavy (non-hydrogen) atoms. The molecule has 0 radical (unpaired) electrons. The molecule has 2 fully saturated rings. The molecule has 1 amide bonds. The lowest BCUT2D eigenvalue weighted by atomic mass is 9.99. The molecule has 4 heteroatoms. The lowest BCUT2D eigenvalue weighted by Crippen LogP contribution is -2.21. The maximum Gasteiger partial charge on any atom is 0.271 e. The van der Waals surface area contributed by atoms with Gasteiger partial charge in [0.15, 0.2) is 0 Å². The quantitative estimate of drug-likeness (QED) is 0.784. The number of phenols is 1. The normalized spacial score (nSPS) is 27.7. The van der Waals surface area contributed by atoms with Crippen molar-refractivity contribution in [3.63, 3.8) is 0 Å². The van der Waals surface area contributed by atoms with Crippen LogP contribution in [-0.2, 0) is 0 Å². The maximum atomic E-state index is 11.8. The predicted molar refractivity (Wildman–Crippen MR) is 68.5 cm³/mol. The van der Waals surface area contributed by atoms with Crippen molar-refractivity contribution in [2.45, 2.75) is 25.7 Å². The summed E-state index contributed by atoms with van der Waals surface area (Å²) in [5.74, 6) is 1.32. The third-order valence-corrected chi connectivity index (χ3v) is 3.94. The Hall–Kier alpha value is -1.84. The largest absolute Gasteiger partial charge is 0.508 e. The van der Waals surface area contributed by atoms with Gasteiger partial charge in [-0.2, -0.15) is 5.10 Å². The summed E-state index contributed by atoms with van der Waals surface area (Å²) < 4.78 is 0. The fraction of sp³-hybridized carbons (Fsp3) is 0.429. The van der Waals surface area contributed by atoms with Crippen LogP contribution in [0.1, 0.15) is 36.0 Å². The second-order valence-corrected chi connectivity index (χ2v) is 5.17. The molecule has 2 N–H and O–H groups in total. The standard InChI is InChI=1S/C14H16N2O2/c17-12-5-3-10(4-6-12)14(18)16-15-13-8-9-1-2-11(13)7-9/h3-6,9,11,17H,1-2,7-8H2,(H,16,18)/t9-,11-/m0/s1. The molecule has 0 aromatic heterocycles. The highest BCUT2D eigenvalue weighted by atomic mass is 16.3. The summed E-state index contributed by atoms with van der Waals surface area (Å²) in [6.07, 6.45) is 4.82. The number of rotatable bonds is 2. The zero-order valence-corrected chi connectivity index (χ0v) is 10.1. The Kier molecular flexibility index (Phi) is 2.78. The van der Waals surface area contributed by atoms with E-state index in [1.165, 1.54) is 31.4 Å². The van der Waals surface area contributed by atoms with E-state index in [2.05, 4.69) is 10.5 Å². The van der Waals surface area contributed by atoms with Gasteiger partial charge in [-0.25, -0.2) is 5.43 Å². The van der Waals surface area contributed by atoms with Gasteiger partial charge in [0.25, 0.3) is 5.91 Å². The van der Waals surface area contributed by atoms with Crippen LogP contribution in [0, 0.1) is 11.8 Å². The predicted octanol–water partition coefficient (Wildman–Crippen LogP) is 2.30. The fourth-order valence-electron chi connectivity index (χ4n) is 2.96. The number of nitrogens with one attached hydrogen (secondary N) is 1. The average molecular weight is 244 g/mol. The van der Waals surface area contributed by atoms with E-state index in [4.69, 9.17) is 5.11 Å². The number of nitrogens with zero attached hydrogens (tertiary/aromatic N) is 1. The Morgan fingerprint density at radius 2 is 2.06 bits per heavy atom. The Bertz CT molecular complexity index is 493. The van der Waals surface area contributed by atoms with Gasteiger partial charge in [0, 0.05) is 11.3 Å². The van der Waals surface area contributed by atoms with Crippen LogP contribution in [0.15, 0.2) is 29.4 Å². The number of amides is 1. The molecular weight excluding hydrogens is 228 g/mol. The van der Waals surface area contributed by atoms with Gasteiger partial charge in [0.1, 0.15) is 5.75 Å². The van der Waals surface area contributed by atoms with Gasteiger partial charge in [0.05, 0.1) is 0 Å². The van der Waals surface area contributed by atoms with Gasteiger partial charge in [-0.1, -0.05) is 0 Å². The minimum Gasteiger partial charge on any atom is -0.508 e. The average Bonchev–Trinajstić information content (AvgIpc) is 2.99. The van der Waals surface area contributed by atoms with E-state index < -0.39 is 0 Å². The molecule has 2 saturated carbocycles. The molecule has 94 valence electrons. The first kappa shape index (κ1) is 11.3. The summed E-state index contributed by atoms with van der Waals surface area (Å²) in [6, 6.07) is 6.18. The summed E-state index contributed by atoms with van der Waals surface area (Å²) in [7, 11) is 0. The molecule has 1 aromatic carbocycles. The summed E-state index contributed by atoms with van der Waals surface area (Å²) in [4.78, 5) is 11.8. The van der Waals surface area contributed by atoms with Gasteiger partial charge in [-0.05, 0) is 61.8 Å². The fourth-order valence-corrected chi connectivity index (χ4v) is 2.96. The number of carbonyl (C=O) groups is 1. The molecule has 0 spiro atoms. The van der Waals surface area contributed by atoms with Crippen molar-refractivity contribution in [2.75, 3.05) is 0 Å². The van der Waals surface area contributed by atoms with Crippen LogP contribution in [0.3, 0.4) is 0 Å². The van der Waals surface area contributed by atoms with E-state index in [0.29, 0.717) is 11.5 Å². The first-order chi connectivity index (χ1) is 8.72. The van der Waals surface area contributed by atoms with Crippen LogP contribution in [0.5, 0.6) is 5.75 Å². The van der Waals surface area contributed by atoms with E-state index in [1.807, 2.05) is 0 Å². The van der Waals surface area contributed by atoms with Gasteiger partial charge in [-0.3, -0.25) is 4.79 Å². The van der Waals surface area contributed by atoms with Crippen LogP contribution in [-0.4, -0.2) is 16.7 Å². The zero-order valence-electron chi connectivity index (χ0n) is 10.1. The minimum absolute atomic E-state index is 0.158. The molecule has 0 unspecified atom stereocenters. The van der Waals surface area contributed by atoms with Gasteiger partial charge in [-0.15, -0.1) is 0 Å². The smallest absolute Gasteiger partial charge is 0.271 e. The van der Waals surface area contributed by atoms with Gasteiger partial charge in [0.2, 0.25) is 0 Å². The third kappa shape index (κ3) is 2.10. The Morgan fingerprint density at radius 1 is 1.28 bits per heavy atom. The molecule has 2 atom stereocenters. The van der Waals surface area contributed by atoms with Crippen molar-refractivity contribution < 1.29 is 9.90 Å². The van der Waals surface area contributed by atoms with Crippen LogP contribution in [0.4, 0.5) is 0 Å². The van der Waals surface area contributed by atoms with E-state index >= 15 is 0 Å². The highest BCUT2D eigenvalue weighted by Gasteiger charge is 2.36. The second kappa shape index (κ2) is 4.44. The molecule has 1 aromatic rings. The molecular formula is C14H16N2O2. The molecule has 3 rings (SSSR count). The first-order valence-corrected chi connectivity index (χ1v) is 6.38. The topological polar surface area (TPSA) is 61.7 Å². The van der Waals surface area contributed by atoms with Crippen molar-refractivity contribution in [3.05, 3.63) is 29.8 Å². The van der Waals surface area contributed by atoms with Crippen molar-refractivity contribution >= 4 is 11.6 Å². The number of hydrazone groups is 1.